The van der Waals surface area contributed by atoms with E-state index in [4.69, 9.17) is 11.6 Å². The summed E-state index contributed by atoms with van der Waals surface area (Å²) in [5.41, 5.74) is 0.621. The maximum Gasteiger partial charge on any atom is 0.241 e. The van der Waals surface area contributed by atoms with E-state index in [1.54, 1.807) is 12.1 Å². The summed E-state index contributed by atoms with van der Waals surface area (Å²) < 4.78 is 0. The fourth-order valence-electron chi connectivity index (χ4n) is 3.28. The summed E-state index contributed by atoms with van der Waals surface area (Å²) in [5.74, 6) is 1.14. The number of hydrogen-bond donors (Lipinski definition) is 3. The summed E-state index contributed by atoms with van der Waals surface area (Å²) in [4.78, 5) is 12.3. The van der Waals surface area contributed by atoms with Gasteiger partial charge in [-0.3, -0.25) is 4.79 Å². The molecule has 3 atom stereocenters. The highest BCUT2D eigenvalue weighted by Gasteiger charge is 2.42. The highest BCUT2D eigenvalue weighted by Crippen LogP contribution is 2.38. The number of halogens is 1. The fourth-order valence-corrected chi connectivity index (χ4v) is 3.46. The molecule has 0 bridgehead atoms. The van der Waals surface area contributed by atoms with Crippen LogP contribution in [-0.2, 0) is 4.79 Å². The van der Waals surface area contributed by atoms with Crippen molar-refractivity contribution < 1.29 is 9.90 Å². The van der Waals surface area contributed by atoms with Gasteiger partial charge in [0.15, 0.2) is 0 Å². The van der Waals surface area contributed by atoms with Crippen molar-refractivity contribution in [2.75, 3.05) is 11.9 Å². The molecule has 102 valence electrons. The maximum absolute atomic E-state index is 12.3. The van der Waals surface area contributed by atoms with Gasteiger partial charge in [0.25, 0.3) is 0 Å². The van der Waals surface area contributed by atoms with Gasteiger partial charge in [-0.05, 0) is 49.4 Å². The van der Waals surface area contributed by atoms with E-state index in [0.29, 0.717) is 17.5 Å². The molecule has 0 radical (unpaired) electrons. The molecule has 19 heavy (non-hydrogen) atoms. The molecule has 3 N–H and O–H groups in total. The standard InChI is InChI=1S/C14H17ClN2O2/c15-11-6-9(4-5-12(11)18)17-14(19)13-10-3-1-2-8(10)7-16-13/h4-6,8,10,13,16,18H,1-3,7H2,(H,17,19). The number of benzene rings is 1. The molecule has 1 saturated carbocycles. The lowest BCUT2D eigenvalue weighted by atomic mass is 9.93. The Hall–Kier alpha value is -1.26. The minimum Gasteiger partial charge on any atom is -0.506 e. The number of nitrogens with one attached hydrogen (secondary N) is 2. The molecule has 1 heterocycles. The molecule has 5 heteroatoms. The highest BCUT2D eigenvalue weighted by molar-refractivity contribution is 6.32. The van der Waals surface area contributed by atoms with Crippen LogP contribution in [0.25, 0.3) is 0 Å². The first kappa shape index (κ1) is 12.8. The summed E-state index contributed by atoms with van der Waals surface area (Å²) in [7, 11) is 0. The third-order valence-corrected chi connectivity index (χ3v) is 4.55. The average Bonchev–Trinajstić information content (AvgIpc) is 2.95. The van der Waals surface area contributed by atoms with Gasteiger partial charge in [-0.2, -0.15) is 0 Å². The zero-order chi connectivity index (χ0) is 13.4. The van der Waals surface area contributed by atoms with Gasteiger partial charge in [-0.25, -0.2) is 0 Å². The van der Waals surface area contributed by atoms with Crippen molar-refractivity contribution in [1.82, 2.24) is 5.32 Å². The monoisotopic (exact) mass is 280 g/mol. The smallest absolute Gasteiger partial charge is 0.241 e. The number of phenols is 1. The molecule has 2 aliphatic rings. The van der Waals surface area contributed by atoms with Crippen LogP contribution < -0.4 is 10.6 Å². The van der Waals surface area contributed by atoms with E-state index in [-0.39, 0.29) is 22.7 Å². The second kappa shape index (κ2) is 5.02. The van der Waals surface area contributed by atoms with Crippen LogP contribution in [-0.4, -0.2) is 23.6 Å². The lowest BCUT2D eigenvalue weighted by molar-refractivity contribution is -0.118. The molecule has 4 nitrogen and oxygen atoms in total. The second-order valence-corrected chi connectivity index (χ2v) is 5.80. The second-order valence-electron chi connectivity index (χ2n) is 5.40. The van der Waals surface area contributed by atoms with Crippen LogP contribution >= 0.6 is 11.6 Å². The molecule has 3 unspecified atom stereocenters. The van der Waals surface area contributed by atoms with Gasteiger partial charge in [0.2, 0.25) is 5.91 Å². The predicted octanol–water partition coefficient (Wildman–Crippen LogP) is 2.37. The van der Waals surface area contributed by atoms with Crippen LogP contribution in [0.5, 0.6) is 5.75 Å². The molecule has 1 amide bonds. The minimum atomic E-state index is -0.0971. The van der Waals surface area contributed by atoms with Crippen LogP contribution in [0.3, 0.4) is 0 Å². The number of rotatable bonds is 2. The number of phenolic OH excluding ortho intramolecular Hbond substituents is 1. The lowest BCUT2D eigenvalue weighted by Crippen LogP contribution is -2.39. The Kier molecular flexibility index (Phi) is 3.37. The van der Waals surface area contributed by atoms with Crippen LogP contribution in [0, 0.1) is 11.8 Å². The zero-order valence-corrected chi connectivity index (χ0v) is 11.3. The Morgan fingerprint density at radius 3 is 3.05 bits per heavy atom. The summed E-state index contributed by atoms with van der Waals surface area (Å²) in [6.07, 6.45) is 3.59. The topological polar surface area (TPSA) is 61.4 Å². The van der Waals surface area contributed by atoms with Crippen LogP contribution in [0.2, 0.25) is 5.02 Å². The van der Waals surface area contributed by atoms with E-state index in [1.165, 1.54) is 18.9 Å². The molecule has 1 aliphatic carbocycles. The van der Waals surface area contributed by atoms with Crippen molar-refractivity contribution in [3.8, 4) is 5.75 Å². The number of fused-ring (bicyclic) bond motifs is 1. The first-order chi connectivity index (χ1) is 9.15. The van der Waals surface area contributed by atoms with Gasteiger partial charge in [0.1, 0.15) is 5.75 Å². The largest absolute Gasteiger partial charge is 0.506 e. The first-order valence-corrected chi connectivity index (χ1v) is 7.06. The summed E-state index contributed by atoms with van der Waals surface area (Å²) >= 11 is 5.83. The van der Waals surface area contributed by atoms with Gasteiger partial charge >= 0.3 is 0 Å². The van der Waals surface area contributed by atoms with Crippen molar-refractivity contribution in [3.05, 3.63) is 23.2 Å². The quantitative estimate of drug-likeness (QED) is 0.729. The molecule has 0 spiro atoms. The van der Waals surface area contributed by atoms with E-state index in [1.807, 2.05) is 0 Å². The Balaban J connectivity index is 1.69. The summed E-state index contributed by atoms with van der Waals surface area (Å²) in [5, 5.41) is 15.8. The number of aromatic hydroxyl groups is 1. The number of anilines is 1. The molecule has 1 saturated heterocycles. The van der Waals surface area contributed by atoms with E-state index >= 15 is 0 Å². The molecular formula is C14H17ClN2O2. The predicted molar refractivity (Wildman–Crippen MR) is 74.4 cm³/mol. The van der Waals surface area contributed by atoms with Crippen LogP contribution in [0.4, 0.5) is 5.69 Å². The van der Waals surface area contributed by atoms with E-state index < -0.39 is 0 Å². The van der Waals surface area contributed by atoms with Crippen molar-refractivity contribution in [2.45, 2.75) is 25.3 Å². The van der Waals surface area contributed by atoms with Crippen LogP contribution in [0.15, 0.2) is 18.2 Å². The average molecular weight is 281 g/mol. The normalized spacial score (nSPS) is 29.2. The number of hydrogen-bond acceptors (Lipinski definition) is 3. The third-order valence-electron chi connectivity index (χ3n) is 4.24. The molecule has 0 aromatic heterocycles. The van der Waals surface area contributed by atoms with Crippen molar-refractivity contribution in [2.24, 2.45) is 11.8 Å². The van der Waals surface area contributed by atoms with Gasteiger partial charge < -0.3 is 15.7 Å². The summed E-state index contributed by atoms with van der Waals surface area (Å²) in [6.45, 7) is 0.944. The number of carbonyl (C=O) groups excluding carboxylic acids is 1. The van der Waals surface area contributed by atoms with Gasteiger partial charge in [-0.15, -0.1) is 0 Å². The zero-order valence-electron chi connectivity index (χ0n) is 10.5. The minimum absolute atomic E-state index is 0.00356. The van der Waals surface area contributed by atoms with E-state index in [0.717, 1.165) is 13.0 Å². The van der Waals surface area contributed by atoms with Crippen LogP contribution in [0.1, 0.15) is 19.3 Å². The highest BCUT2D eigenvalue weighted by atomic mass is 35.5. The van der Waals surface area contributed by atoms with E-state index in [9.17, 15) is 9.90 Å². The maximum atomic E-state index is 12.3. The van der Waals surface area contributed by atoms with Gasteiger partial charge in [-0.1, -0.05) is 18.0 Å². The van der Waals surface area contributed by atoms with Crippen molar-refractivity contribution >= 4 is 23.2 Å². The Bertz CT molecular complexity index is 506. The molecule has 1 aromatic carbocycles. The number of amides is 1. The Morgan fingerprint density at radius 1 is 1.42 bits per heavy atom. The van der Waals surface area contributed by atoms with Crippen molar-refractivity contribution in [1.29, 1.82) is 0 Å². The molecule has 2 fully saturated rings. The van der Waals surface area contributed by atoms with Gasteiger partial charge in [0.05, 0.1) is 11.1 Å². The fraction of sp³-hybridized carbons (Fsp3) is 0.500. The SMILES string of the molecule is O=C(Nc1ccc(O)c(Cl)c1)C1NCC2CCCC21. The Morgan fingerprint density at radius 2 is 2.26 bits per heavy atom. The molecule has 3 rings (SSSR count). The lowest BCUT2D eigenvalue weighted by Gasteiger charge is -2.17. The van der Waals surface area contributed by atoms with Gasteiger partial charge in [0, 0.05) is 5.69 Å². The number of carbonyl (C=O) groups is 1. The van der Waals surface area contributed by atoms with Crippen molar-refractivity contribution in [3.63, 3.8) is 0 Å². The molecular weight excluding hydrogens is 264 g/mol. The first-order valence-electron chi connectivity index (χ1n) is 6.68. The Labute approximate surface area is 117 Å². The summed E-state index contributed by atoms with van der Waals surface area (Å²) in [6, 6.07) is 4.61. The third kappa shape index (κ3) is 2.42. The van der Waals surface area contributed by atoms with E-state index in [2.05, 4.69) is 10.6 Å². The molecule has 1 aliphatic heterocycles. The molecule has 1 aromatic rings.